The van der Waals surface area contributed by atoms with Crippen LogP contribution in [0.1, 0.15) is 0 Å². The fourth-order valence-corrected chi connectivity index (χ4v) is 1.92. The van der Waals surface area contributed by atoms with Crippen molar-refractivity contribution in [2.24, 2.45) is 0 Å². The van der Waals surface area contributed by atoms with Crippen molar-refractivity contribution in [2.45, 2.75) is 0 Å². The van der Waals surface area contributed by atoms with Gasteiger partial charge in [-0.15, -0.1) is 0 Å². The average molecular weight is 287 g/mol. The fraction of sp³-hybridized carbons (Fsp3) is 0. The Kier molecular flexibility index (Phi) is 3.94. The van der Waals surface area contributed by atoms with Gasteiger partial charge in [-0.3, -0.25) is 0 Å². The third kappa shape index (κ3) is 3.19. The Morgan fingerprint density at radius 2 is 1.41 bits per heavy atom. The maximum atomic E-state index is 7.23. The van der Waals surface area contributed by atoms with E-state index in [0.29, 0.717) is 17.5 Å². The van der Waals surface area contributed by atoms with Crippen LogP contribution in [0.2, 0.25) is 0 Å². The van der Waals surface area contributed by atoms with Crippen molar-refractivity contribution in [3.05, 3.63) is 78.3 Å². The summed E-state index contributed by atoms with van der Waals surface area (Å²) in [4.78, 5) is 12.0. The molecule has 0 aliphatic rings. The molecule has 0 atom stereocenters. The molecule has 1 aromatic heterocycles. The lowest BCUT2D eigenvalue weighted by Crippen LogP contribution is -2.00. The number of para-hydroxylation sites is 2. The molecule has 3 aromatic rings. The molecule has 0 aliphatic carbocycles. The van der Waals surface area contributed by atoms with Crippen LogP contribution in [0.25, 0.3) is 4.85 Å². The third-order valence-corrected chi connectivity index (χ3v) is 2.96. The Hall–Kier alpha value is -3.39. The van der Waals surface area contributed by atoms with Crippen LogP contribution in [0.4, 0.5) is 28.8 Å². The van der Waals surface area contributed by atoms with E-state index in [2.05, 4.69) is 25.4 Å². The Labute approximate surface area is 128 Å². The molecule has 2 aromatic carbocycles. The molecular weight excluding hydrogens is 274 g/mol. The first-order chi connectivity index (χ1) is 10.8. The highest BCUT2D eigenvalue weighted by Crippen LogP contribution is 2.27. The Morgan fingerprint density at radius 3 is 2.00 bits per heavy atom. The topological polar surface area (TPSA) is 54.2 Å². The molecule has 0 fully saturated rings. The zero-order valence-electron chi connectivity index (χ0n) is 11.7. The van der Waals surface area contributed by atoms with Gasteiger partial charge in [0.15, 0.2) is 0 Å². The Morgan fingerprint density at radius 1 is 0.818 bits per heavy atom. The Balaban J connectivity index is 1.88. The first-order valence-electron chi connectivity index (χ1n) is 6.74. The molecule has 1 heterocycles. The van der Waals surface area contributed by atoms with Crippen LogP contribution >= 0.6 is 0 Å². The van der Waals surface area contributed by atoms with Crippen LogP contribution in [-0.2, 0) is 0 Å². The number of hydrogen-bond donors (Lipinski definition) is 2. The van der Waals surface area contributed by atoms with Gasteiger partial charge < -0.3 is 10.6 Å². The van der Waals surface area contributed by atoms with Gasteiger partial charge in [-0.25, -0.2) is 14.8 Å². The van der Waals surface area contributed by atoms with E-state index in [9.17, 15) is 0 Å². The minimum absolute atomic E-state index is 0.377. The van der Waals surface area contributed by atoms with Gasteiger partial charge in [-0.2, -0.15) is 0 Å². The highest BCUT2D eigenvalue weighted by molar-refractivity contribution is 5.72. The summed E-state index contributed by atoms with van der Waals surface area (Å²) in [6, 6.07) is 19.3. The summed E-state index contributed by atoms with van der Waals surface area (Å²) >= 11 is 0. The van der Waals surface area contributed by atoms with Gasteiger partial charge in [-0.05, 0) is 24.3 Å². The van der Waals surface area contributed by atoms with Gasteiger partial charge in [0.2, 0.25) is 11.6 Å². The van der Waals surface area contributed by atoms with E-state index in [-0.39, 0.29) is 0 Å². The first kappa shape index (κ1) is 13.6. The van der Waals surface area contributed by atoms with E-state index in [4.69, 9.17) is 6.57 Å². The molecule has 106 valence electrons. The zero-order valence-corrected chi connectivity index (χ0v) is 11.7. The lowest BCUT2D eigenvalue weighted by molar-refractivity contribution is 1.17. The number of aromatic nitrogens is 2. The lowest BCUT2D eigenvalue weighted by Gasteiger charge is -2.10. The smallest absolute Gasteiger partial charge is 0.246 e. The van der Waals surface area contributed by atoms with Gasteiger partial charge >= 0.3 is 0 Å². The number of nitrogens with zero attached hydrogens (tertiary/aromatic N) is 3. The minimum Gasteiger partial charge on any atom is -0.349 e. The van der Waals surface area contributed by atoms with E-state index in [1.54, 1.807) is 0 Å². The quantitative estimate of drug-likeness (QED) is 0.693. The molecule has 0 radical (unpaired) electrons. The molecular formula is C17H13N5. The number of anilines is 4. The van der Waals surface area contributed by atoms with Crippen LogP contribution in [-0.4, -0.2) is 9.97 Å². The summed E-state index contributed by atoms with van der Waals surface area (Å²) < 4.78 is 0. The standard InChI is InChI=1S/C17H13N5/c1-18-15-12-19-17(21-14-10-6-3-7-11-14)22-16(15)20-13-8-4-2-5-9-13/h2-12H,(H2,19,20,21,22). The molecule has 0 aliphatic heterocycles. The summed E-state index contributed by atoms with van der Waals surface area (Å²) in [6.07, 6.45) is 1.51. The lowest BCUT2D eigenvalue weighted by atomic mass is 10.3. The molecule has 0 saturated carbocycles. The van der Waals surface area contributed by atoms with Gasteiger partial charge in [-0.1, -0.05) is 36.4 Å². The van der Waals surface area contributed by atoms with E-state index in [1.807, 2.05) is 60.7 Å². The second-order valence-corrected chi connectivity index (χ2v) is 4.52. The second kappa shape index (κ2) is 6.37. The molecule has 0 amide bonds. The molecule has 0 bridgehead atoms. The van der Waals surface area contributed by atoms with Crippen molar-refractivity contribution in [3.8, 4) is 0 Å². The minimum atomic E-state index is 0.377. The first-order valence-corrected chi connectivity index (χ1v) is 6.74. The molecule has 22 heavy (non-hydrogen) atoms. The highest BCUT2D eigenvalue weighted by atomic mass is 15.2. The van der Waals surface area contributed by atoms with Crippen molar-refractivity contribution in [3.63, 3.8) is 0 Å². The largest absolute Gasteiger partial charge is 0.349 e. The normalized spacial score (nSPS) is 9.77. The third-order valence-electron chi connectivity index (χ3n) is 2.96. The second-order valence-electron chi connectivity index (χ2n) is 4.52. The Bertz CT molecular complexity index is 794. The van der Waals surface area contributed by atoms with Gasteiger partial charge in [0.05, 0.1) is 6.57 Å². The summed E-state index contributed by atoms with van der Waals surface area (Å²) in [5.41, 5.74) is 2.14. The number of hydrogen-bond acceptors (Lipinski definition) is 4. The van der Waals surface area contributed by atoms with Crippen LogP contribution in [0, 0.1) is 6.57 Å². The van der Waals surface area contributed by atoms with Gasteiger partial charge in [0.1, 0.15) is 5.82 Å². The zero-order chi connectivity index (χ0) is 15.2. The SMILES string of the molecule is [C-]#[N+]c1cnc(Nc2ccccc2)nc1Nc1ccccc1. The predicted molar refractivity (Wildman–Crippen MR) is 87.7 cm³/mol. The summed E-state index contributed by atoms with van der Waals surface area (Å²) in [7, 11) is 0. The van der Waals surface area contributed by atoms with Crippen molar-refractivity contribution in [1.29, 1.82) is 0 Å². The maximum Gasteiger partial charge on any atom is 0.246 e. The highest BCUT2D eigenvalue weighted by Gasteiger charge is 2.07. The van der Waals surface area contributed by atoms with Crippen LogP contribution in [0.5, 0.6) is 0 Å². The number of benzene rings is 2. The van der Waals surface area contributed by atoms with Crippen molar-refractivity contribution >= 4 is 28.8 Å². The molecule has 2 N–H and O–H groups in total. The van der Waals surface area contributed by atoms with Crippen molar-refractivity contribution < 1.29 is 0 Å². The van der Waals surface area contributed by atoms with E-state index >= 15 is 0 Å². The van der Waals surface area contributed by atoms with E-state index < -0.39 is 0 Å². The monoisotopic (exact) mass is 287 g/mol. The summed E-state index contributed by atoms with van der Waals surface area (Å²) in [5, 5.41) is 6.26. The van der Waals surface area contributed by atoms with E-state index in [1.165, 1.54) is 6.20 Å². The average Bonchev–Trinajstić information content (AvgIpc) is 2.57. The molecule has 5 nitrogen and oxygen atoms in total. The van der Waals surface area contributed by atoms with Crippen molar-refractivity contribution in [2.75, 3.05) is 10.6 Å². The molecule has 0 spiro atoms. The van der Waals surface area contributed by atoms with Crippen molar-refractivity contribution in [1.82, 2.24) is 9.97 Å². The maximum absolute atomic E-state index is 7.23. The molecule has 3 rings (SSSR count). The van der Waals surface area contributed by atoms with Gasteiger partial charge in [0, 0.05) is 17.6 Å². The number of nitrogens with one attached hydrogen (secondary N) is 2. The van der Waals surface area contributed by atoms with Crippen LogP contribution < -0.4 is 10.6 Å². The molecule has 0 saturated heterocycles. The summed E-state index contributed by atoms with van der Waals surface area (Å²) in [6.45, 7) is 7.23. The van der Waals surface area contributed by atoms with E-state index in [0.717, 1.165) is 11.4 Å². The van der Waals surface area contributed by atoms with Gasteiger partial charge in [0.25, 0.3) is 0 Å². The van der Waals surface area contributed by atoms with Crippen LogP contribution in [0.3, 0.4) is 0 Å². The predicted octanol–water partition coefficient (Wildman–Crippen LogP) is 4.51. The fourth-order valence-electron chi connectivity index (χ4n) is 1.92. The molecule has 5 heteroatoms. The molecule has 0 unspecified atom stereocenters. The van der Waals surface area contributed by atoms with Crippen LogP contribution in [0.15, 0.2) is 66.9 Å². The summed E-state index contributed by atoms with van der Waals surface area (Å²) in [5.74, 6) is 0.923. The number of rotatable bonds is 4.